The fourth-order valence-corrected chi connectivity index (χ4v) is 3.09. The molecule has 0 aliphatic carbocycles. The number of carboxylic acid groups (broad SMARTS) is 1. The molecule has 1 aliphatic rings. The molecule has 0 amide bonds. The van der Waals surface area contributed by atoms with Crippen LogP contribution in [-0.2, 0) is 16.1 Å². The summed E-state index contributed by atoms with van der Waals surface area (Å²) in [6, 6.07) is 11.8. The quantitative estimate of drug-likeness (QED) is 0.822. The predicted octanol–water partition coefficient (Wildman–Crippen LogP) is 2.82. The first-order valence-electron chi connectivity index (χ1n) is 8.81. The van der Waals surface area contributed by atoms with Crippen LogP contribution in [0.5, 0.6) is 5.75 Å². The first-order valence-corrected chi connectivity index (χ1v) is 8.81. The third-order valence-corrected chi connectivity index (χ3v) is 4.49. The van der Waals surface area contributed by atoms with Crippen LogP contribution in [0.15, 0.2) is 42.6 Å². The van der Waals surface area contributed by atoms with Gasteiger partial charge >= 0.3 is 5.97 Å². The van der Waals surface area contributed by atoms with Gasteiger partial charge in [-0.1, -0.05) is 12.1 Å². The number of hydrogen-bond donors (Lipinski definition) is 1. The van der Waals surface area contributed by atoms with E-state index in [0.717, 1.165) is 29.1 Å². The van der Waals surface area contributed by atoms with Crippen LogP contribution < -0.4 is 4.74 Å². The number of nitrogens with zero attached hydrogens (tertiary/aromatic N) is 2. The molecule has 0 spiro atoms. The fourth-order valence-electron chi connectivity index (χ4n) is 3.09. The Bertz CT molecular complexity index is 736. The Morgan fingerprint density at radius 3 is 3.00 bits per heavy atom. The van der Waals surface area contributed by atoms with Crippen LogP contribution in [0.2, 0.25) is 0 Å². The maximum Gasteiger partial charge on any atom is 0.304 e. The van der Waals surface area contributed by atoms with Gasteiger partial charge in [-0.2, -0.15) is 0 Å². The Labute approximate surface area is 153 Å². The highest BCUT2D eigenvalue weighted by Gasteiger charge is 2.23. The molecule has 1 aromatic heterocycles. The summed E-state index contributed by atoms with van der Waals surface area (Å²) in [4.78, 5) is 17.2. The number of carbonyl (C=O) groups is 1. The third-order valence-electron chi connectivity index (χ3n) is 4.49. The Balaban J connectivity index is 1.60. The lowest BCUT2D eigenvalue weighted by atomic mass is 10.0. The maximum atomic E-state index is 10.8. The molecule has 6 heteroatoms. The molecular weight excluding hydrogens is 332 g/mol. The molecule has 1 aliphatic heterocycles. The summed E-state index contributed by atoms with van der Waals surface area (Å²) in [5.41, 5.74) is 3.11. The maximum absolute atomic E-state index is 10.8. The molecule has 3 rings (SSSR count). The van der Waals surface area contributed by atoms with Gasteiger partial charge in [0.05, 0.1) is 24.8 Å². The van der Waals surface area contributed by atoms with E-state index in [1.807, 2.05) is 43.3 Å². The monoisotopic (exact) mass is 356 g/mol. The molecule has 6 nitrogen and oxygen atoms in total. The van der Waals surface area contributed by atoms with Crippen molar-refractivity contribution in [3.63, 3.8) is 0 Å². The standard InChI is InChI=1S/C20H24N2O4/c1-15-12-17(26-14-16-4-2-3-8-21-16)5-6-18(15)19-13-22(10-11-25-19)9-7-20(23)24/h2-6,8,12,19H,7,9-11,13-14H2,1H3,(H,23,24). The summed E-state index contributed by atoms with van der Waals surface area (Å²) in [5.74, 6) is 0.0362. The van der Waals surface area contributed by atoms with E-state index in [4.69, 9.17) is 14.6 Å². The molecule has 2 heterocycles. The average molecular weight is 356 g/mol. The van der Waals surface area contributed by atoms with Crippen molar-refractivity contribution in [1.29, 1.82) is 0 Å². The lowest BCUT2D eigenvalue weighted by Gasteiger charge is -2.33. The van der Waals surface area contributed by atoms with Gasteiger partial charge in [-0.3, -0.25) is 14.7 Å². The first-order chi connectivity index (χ1) is 12.6. The van der Waals surface area contributed by atoms with Gasteiger partial charge in [0.2, 0.25) is 0 Å². The van der Waals surface area contributed by atoms with E-state index < -0.39 is 5.97 Å². The molecule has 0 radical (unpaired) electrons. The van der Waals surface area contributed by atoms with Gasteiger partial charge in [0.15, 0.2) is 0 Å². The van der Waals surface area contributed by atoms with Gasteiger partial charge in [0, 0.05) is 25.8 Å². The second-order valence-electron chi connectivity index (χ2n) is 6.43. The summed E-state index contributed by atoms with van der Waals surface area (Å²) >= 11 is 0. The number of benzene rings is 1. The van der Waals surface area contributed by atoms with Gasteiger partial charge in [-0.25, -0.2) is 0 Å². The van der Waals surface area contributed by atoms with E-state index in [1.54, 1.807) is 6.20 Å². The van der Waals surface area contributed by atoms with Crippen LogP contribution in [0, 0.1) is 6.92 Å². The summed E-state index contributed by atoms with van der Waals surface area (Å²) in [7, 11) is 0. The first kappa shape index (κ1) is 18.4. The minimum Gasteiger partial charge on any atom is -0.487 e. The Morgan fingerprint density at radius 1 is 1.38 bits per heavy atom. The number of rotatable bonds is 7. The van der Waals surface area contributed by atoms with Crippen molar-refractivity contribution in [3.05, 3.63) is 59.4 Å². The van der Waals surface area contributed by atoms with Crippen LogP contribution in [0.1, 0.15) is 29.3 Å². The van der Waals surface area contributed by atoms with Gasteiger partial charge in [-0.15, -0.1) is 0 Å². The molecule has 2 aromatic rings. The zero-order valence-corrected chi connectivity index (χ0v) is 14.9. The van der Waals surface area contributed by atoms with Gasteiger partial charge in [0.25, 0.3) is 0 Å². The number of aliphatic carboxylic acids is 1. The largest absolute Gasteiger partial charge is 0.487 e. The van der Waals surface area contributed by atoms with E-state index in [2.05, 4.69) is 9.88 Å². The molecule has 1 fully saturated rings. The highest BCUT2D eigenvalue weighted by atomic mass is 16.5. The lowest BCUT2D eigenvalue weighted by molar-refractivity contribution is -0.137. The van der Waals surface area contributed by atoms with Gasteiger partial charge in [-0.05, 0) is 42.3 Å². The van der Waals surface area contributed by atoms with Crippen molar-refractivity contribution in [2.24, 2.45) is 0 Å². The molecule has 0 saturated carbocycles. The molecule has 138 valence electrons. The molecule has 26 heavy (non-hydrogen) atoms. The van der Waals surface area contributed by atoms with Gasteiger partial charge in [0.1, 0.15) is 12.4 Å². The predicted molar refractivity (Wildman–Crippen MR) is 97.1 cm³/mol. The van der Waals surface area contributed by atoms with E-state index in [0.29, 0.717) is 26.3 Å². The van der Waals surface area contributed by atoms with E-state index in [9.17, 15) is 4.79 Å². The van der Waals surface area contributed by atoms with Crippen molar-refractivity contribution in [1.82, 2.24) is 9.88 Å². The van der Waals surface area contributed by atoms with Crippen LogP contribution in [0.4, 0.5) is 0 Å². The molecule has 0 bridgehead atoms. The molecule has 1 saturated heterocycles. The van der Waals surface area contributed by atoms with Crippen LogP contribution in [-0.4, -0.2) is 47.2 Å². The summed E-state index contributed by atoms with van der Waals surface area (Å²) in [6.45, 7) is 5.13. The number of morpholine rings is 1. The Morgan fingerprint density at radius 2 is 2.27 bits per heavy atom. The minimum atomic E-state index is -0.765. The number of ether oxygens (including phenoxy) is 2. The average Bonchev–Trinajstić information content (AvgIpc) is 2.66. The topological polar surface area (TPSA) is 71.9 Å². The Kier molecular flexibility index (Phi) is 6.20. The summed E-state index contributed by atoms with van der Waals surface area (Å²) in [6.07, 6.45) is 1.87. The van der Waals surface area contributed by atoms with Crippen molar-refractivity contribution < 1.29 is 19.4 Å². The summed E-state index contributed by atoms with van der Waals surface area (Å²) < 4.78 is 11.7. The zero-order chi connectivity index (χ0) is 18.4. The van der Waals surface area contributed by atoms with Crippen LogP contribution in [0.3, 0.4) is 0 Å². The fraction of sp³-hybridized carbons (Fsp3) is 0.400. The number of hydrogen-bond acceptors (Lipinski definition) is 5. The lowest BCUT2D eigenvalue weighted by Crippen LogP contribution is -2.39. The second-order valence-corrected chi connectivity index (χ2v) is 6.43. The van der Waals surface area contributed by atoms with Crippen LogP contribution in [0.25, 0.3) is 0 Å². The highest BCUT2D eigenvalue weighted by Crippen LogP contribution is 2.28. The van der Waals surface area contributed by atoms with Crippen molar-refractivity contribution in [3.8, 4) is 5.75 Å². The van der Waals surface area contributed by atoms with Crippen molar-refractivity contribution in [2.45, 2.75) is 26.1 Å². The summed E-state index contributed by atoms with van der Waals surface area (Å²) in [5, 5.41) is 8.86. The van der Waals surface area contributed by atoms with E-state index in [1.165, 1.54) is 0 Å². The van der Waals surface area contributed by atoms with Crippen molar-refractivity contribution in [2.75, 3.05) is 26.2 Å². The van der Waals surface area contributed by atoms with Crippen molar-refractivity contribution >= 4 is 5.97 Å². The van der Waals surface area contributed by atoms with Crippen LogP contribution >= 0.6 is 0 Å². The molecule has 1 N–H and O–H groups in total. The van der Waals surface area contributed by atoms with E-state index in [-0.39, 0.29) is 12.5 Å². The molecule has 1 aromatic carbocycles. The second kappa shape index (κ2) is 8.78. The van der Waals surface area contributed by atoms with E-state index >= 15 is 0 Å². The van der Waals surface area contributed by atoms with Gasteiger partial charge < -0.3 is 14.6 Å². The highest BCUT2D eigenvalue weighted by molar-refractivity contribution is 5.66. The number of aromatic nitrogens is 1. The zero-order valence-electron chi connectivity index (χ0n) is 14.9. The SMILES string of the molecule is Cc1cc(OCc2ccccn2)ccc1C1CN(CCC(=O)O)CCO1. The Hall–Kier alpha value is -2.44. The molecule has 1 atom stereocenters. The number of pyridine rings is 1. The minimum absolute atomic E-state index is 0.0395. The smallest absolute Gasteiger partial charge is 0.304 e. The normalized spacial score (nSPS) is 17.8. The molecule has 1 unspecified atom stereocenters. The number of aryl methyl sites for hydroxylation is 1. The molecular formula is C20H24N2O4. The number of carboxylic acids is 1. The third kappa shape index (κ3) is 5.03.